The molecule has 0 aliphatic heterocycles. The minimum Gasteiger partial charge on any atom is -0.480 e. The lowest BCUT2D eigenvalue weighted by atomic mass is 10.0. The van der Waals surface area contributed by atoms with Gasteiger partial charge in [0.1, 0.15) is 0 Å². The van der Waals surface area contributed by atoms with E-state index in [2.05, 4.69) is 0 Å². The number of carboxylic acid groups (broad SMARTS) is 4. The highest BCUT2D eigenvalue weighted by atomic mass is 16.4. The Balaban J connectivity index is 4.34. The van der Waals surface area contributed by atoms with Crippen LogP contribution >= 0.6 is 0 Å². The van der Waals surface area contributed by atoms with Gasteiger partial charge in [-0.1, -0.05) is 6.92 Å². The molecule has 0 aromatic carbocycles. The van der Waals surface area contributed by atoms with Crippen molar-refractivity contribution in [3.05, 3.63) is 0 Å². The van der Waals surface area contributed by atoms with Crippen LogP contribution in [0.3, 0.4) is 0 Å². The van der Waals surface area contributed by atoms with Gasteiger partial charge in [0.15, 0.2) is 0 Å². The molecule has 0 aromatic heterocycles. The third-order valence-electron chi connectivity index (χ3n) is 3.31. The summed E-state index contributed by atoms with van der Waals surface area (Å²) in [5.74, 6) is -4.40. The van der Waals surface area contributed by atoms with Crippen LogP contribution in [0.2, 0.25) is 0 Å². The fraction of sp³-hybridized carbons (Fsp3) is 0.714. The zero-order valence-corrected chi connectivity index (χ0v) is 13.6. The summed E-state index contributed by atoms with van der Waals surface area (Å²) in [5.41, 5.74) is 0. The average molecular weight is 348 g/mol. The minimum absolute atomic E-state index is 0.0557. The fourth-order valence-corrected chi connectivity index (χ4v) is 2.14. The Morgan fingerprint density at radius 2 is 0.917 bits per heavy atom. The van der Waals surface area contributed by atoms with Gasteiger partial charge in [0.25, 0.3) is 0 Å². The quantitative estimate of drug-likeness (QED) is 0.318. The van der Waals surface area contributed by atoms with Crippen LogP contribution in [0.4, 0.5) is 0 Å². The van der Waals surface area contributed by atoms with Gasteiger partial charge in [-0.25, -0.2) is 0 Å². The molecular formula is C14H24N2O8. The summed E-state index contributed by atoms with van der Waals surface area (Å²) in [6, 6.07) is 0. The van der Waals surface area contributed by atoms with E-state index >= 15 is 0 Å². The minimum atomic E-state index is -1.11. The summed E-state index contributed by atoms with van der Waals surface area (Å²) >= 11 is 0. The van der Waals surface area contributed by atoms with E-state index in [-0.39, 0.29) is 45.2 Å². The molecule has 0 bridgehead atoms. The van der Waals surface area contributed by atoms with Crippen LogP contribution in [0.5, 0.6) is 0 Å². The van der Waals surface area contributed by atoms with Crippen molar-refractivity contribution in [2.75, 3.05) is 39.3 Å². The molecule has 4 N–H and O–H groups in total. The smallest absolute Gasteiger partial charge is 0.317 e. The SMILES string of the molecule is CC(CCN(CC(=O)O)CC(=O)O)CCN(CC(=O)O)CC(=O)O. The fourth-order valence-electron chi connectivity index (χ4n) is 2.14. The topological polar surface area (TPSA) is 156 Å². The lowest BCUT2D eigenvalue weighted by Crippen LogP contribution is -2.37. The molecule has 0 saturated carbocycles. The van der Waals surface area contributed by atoms with Gasteiger partial charge in [-0.2, -0.15) is 0 Å². The molecule has 0 heterocycles. The van der Waals surface area contributed by atoms with Crippen LogP contribution in [-0.4, -0.2) is 93.4 Å². The summed E-state index contributed by atoms with van der Waals surface area (Å²) in [4.78, 5) is 45.4. The molecule has 24 heavy (non-hydrogen) atoms. The lowest BCUT2D eigenvalue weighted by molar-refractivity contribution is -0.143. The Morgan fingerprint density at radius 3 is 1.12 bits per heavy atom. The second-order valence-corrected chi connectivity index (χ2v) is 5.68. The largest absolute Gasteiger partial charge is 0.480 e. The first kappa shape index (κ1) is 21.8. The van der Waals surface area contributed by atoms with Gasteiger partial charge in [-0.15, -0.1) is 0 Å². The van der Waals surface area contributed by atoms with Gasteiger partial charge in [0.05, 0.1) is 26.2 Å². The van der Waals surface area contributed by atoms with Gasteiger partial charge in [-0.05, 0) is 31.8 Å². The molecule has 0 amide bonds. The highest BCUT2D eigenvalue weighted by Crippen LogP contribution is 2.10. The van der Waals surface area contributed by atoms with Gasteiger partial charge >= 0.3 is 23.9 Å². The first-order chi connectivity index (χ1) is 11.1. The standard InChI is InChI=1S/C14H24N2O8/c1-10(2-4-15(6-11(17)18)7-12(19)20)3-5-16(8-13(21)22)9-14(23)24/h10H,2-9H2,1H3,(H,17,18)(H,19,20)(H,21,22)(H,23,24). The summed E-state index contributed by atoms with van der Waals surface area (Å²) < 4.78 is 0. The molecule has 0 atom stereocenters. The molecule has 138 valence electrons. The van der Waals surface area contributed by atoms with Gasteiger partial charge in [0.2, 0.25) is 0 Å². The third-order valence-corrected chi connectivity index (χ3v) is 3.31. The molecule has 10 heteroatoms. The molecule has 0 aliphatic rings. The molecule has 0 spiro atoms. The Hall–Kier alpha value is -2.20. The maximum absolute atomic E-state index is 10.7. The monoisotopic (exact) mass is 348 g/mol. The van der Waals surface area contributed by atoms with Crippen molar-refractivity contribution in [3.8, 4) is 0 Å². The third kappa shape index (κ3) is 12.4. The highest BCUT2D eigenvalue weighted by Gasteiger charge is 2.17. The lowest BCUT2D eigenvalue weighted by Gasteiger charge is -2.23. The molecule has 10 nitrogen and oxygen atoms in total. The van der Waals surface area contributed by atoms with Crippen LogP contribution in [-0.2, 0) is 19.2 Å². The zero-order chi connectivity index (χ0) is 18.7. The van der Waals surface area contributed by atoms with Crippen LogP contribution in [0.15, 0.2) is 0 Å². The number of carboxylic acids is 4. The Labute approximate surface area is 139 Å². The first-order valence-corrected chi connectivity index (χ1v) is 7.42. The van der Waals surface area contributed by atoms with E-state index in [0.29, 0.717) is 12.8 Å². The Kier molecular flexibility index (Phi) is 10.3. The molecular weight excluding hydrogens is 324 g/mol. The van der Waals surface area contributed by atoms with Crippen molar-refractivity contribution in [2.24, 2.45) is 5.92 Å². The van der Waals surface area contributed by atoms with Crippen LogP contribution in [0.25, 0.3) is 0 Å². The van der Waals surface area contributed by atoms with E-state index in [4.69, 9.17) is 20.4 Å². The number of hydrogen-bond acceptors (Lipinski definition) is 6. The first-order valence-electron chi connectivity index (χ1n) is 7.42. The van der Waals surface area contributed by atoms with Gasteiger partial charge in [0, 0.05) is 0 Å². The van der Waals surface area contributed by atoms with Gasteiger partial charge in [-0.3, -0.25) is 29.0 Å². The summed E-state index contributed by atoms with van der Waals surface area (Å²) in [6.07, 6.45) is 1.04. The summed E-state index contributed by atoms with van der Waals surface area (Å²) in [6.45, 7) is 0.924. The van der Waals surface area contributed by atoms with Crippen molar-refractivity contribution >= 4 is 23.9 Å². The van der Waals surface area contributed by atoms with Crippen molar-refractivity contribution in [1.82, 2.24) is 9.80 Å². The molecule has 0 fully saturated rings. The predicted molar refractivity (Wildman–Crippen MR) is 81.8 cm³/mol. The Morgan fingerprint density at radius 1 is 0.667 bits per heavy atom. The van der Waals surface area contributed by atoms with E-state index in [9.17, 15) is 19.2 Å². The average Bonchev–Trinajstić information content (AvgIpc) is 2.39. The maximum atomic E-state index is 10.7. The predicted octanol–water partition coefficient (Wildman–Crippen LogP) is -0.655. The molecule has 0 aliphatic carbocycles. The van der Waals surface area contributed by atoms with Crippen LogP contribution in [0, 0.1) is 5.92 Å². The normalized spacial score (nSPS) is 11.2. The second kappa shape index (κ2) is 11.4. The van der Waals surface area contributed by atoms with Crippen molar-refractivity contribution in [3.63, 3.8) is 0 Å². The number of aliphatic carboxylic acids is 4. The molecule has 0 rings (SSSR count). The molecule has 0 aromatic rings. The number of hydrogen-bond donors (Lipinski definition) is 4. The van der Waals surface area contributed by atoms with Crippen molar-refractivity contribution < 1.29 is 39.6 Å². The summed E-state index contributed by atoms with van der Waals surface area (Å²) in [5, 5.41) is 35.0. The van der Waals surface area contributed by atoms with E-state index in [1.807, 2.05) is 6.92 Å². The summed E-state index contributed by atoms with van der Waals surface area (Å²) in [7, 11) is 0. The maximum Gasteiger partial charge on any atom is 0.317 e. The van der Waals surface area contributed by atoms with E-state index in [1.54, 1.807) is 0 Å². The molecule has 0 saturated heterocycles. The molecule has 0 unspecified atom stereocenters. The van der Waals surface area contributed by atoms with E-state index in [0.717, 1.165) is 0 Å². The van der Waals surface area contributed by atoms with E-state index < -0.39 is 23.9 Å². The molecule has 0 radical (unpaired) electrons. The van der Waals surface area contributed by atoms with E-state index in [1.165, 1.54) is 9.80 Å². The van der Waals surface area contributed by atoms with Gasteiger partial charge < -0.3 is 20.4 Å². The zero-order valence-electron chi connectivity index (χ0n) is 13.6. The highest BCUT2D eigenvalue weighted by molar-refractivity contribution is 5.73. The number of carbonyl (C=O) groups is 4. The van der Waals surface area contributed by atoms with Crippen molar-refractivity contribution in [1.29, 1.82) is 0 Å². The Bertz CT molecular complexity index is 382. The van der Waals surface area contributed by atoms with Crippen molar-refractivity contribution in [2.45, 2.75) is 19.8 Å². The van der Waals surface area contributed by atoms with Crippen LogP contribution < -0.4 is 0 Å². The second-order valence-electron chi connectivity index (χ2n) is 5.68. The number of rotatable bonds is 14. The van der Waals surface area contributed by atoms with Crippen LogP contribution in [0.1, 0.15) is 19.8 Å². The number of nitrogens with zero attached hydrogens (tertiary/aromatic N) is 2.